The van der Waals surface area contributed by atoms with Gasteiger partial charge < -0.3 is 30.5 Å². The van der Waals surface area contributed by atoms with Gasteiger partial charge in [-0.15, -0.1) is 13.2 Å². The fourth-order valence-electron chi connectivity index (χ4n) is 8.58. The van der Waals surface area contributed by atoms with E-state index in [2.05, 4.69) is 39.7 Å². The number of benzene rings is 6. The Morgan fingerprint density at radius 3 is 1.24 bits per heavy atom. The Bertz CT molecular complexity index is 2620. The molecule has 2 heterocycles. The predicted molar refractivity (Wildman–Crippen MR) is 265 cm³/mol. The molecule has 8 rings (SSSR count). The summed E-state index contributed by atoms with van der Waals surface area (Å²) in [6.07, 6.45) is 6.18. The van der Waals surface area contributed by atoms with E-state index in [0.29, 0.717) is 37.8 Å². The molecule has 8 nitrogen and oxygen atoms in total. The van der Waals surface area contributed by atoms with Crippen molar-refractivity contribution in [3.63, 3.8) is 0 Å². The van der Waals surface area contributed by atoms with Crippen LogP contribution in [0, 0.1) is 23.3 Å². The second-order valence-electron chi connectivity index (χ2n) is 16.9. The third-order valence-electron chi connectivity index (χ3n) is 12.6. The zero-order valence-corrected chi connectivity index (χ0v) is 39.5. The third kappa shape index (κ3) is 12.5. The van der Waals surface area contributed by atoms with Crippen molar-refractivity contribution in [2.75, 3.05) is 13.1 Å². The molecule has 0 spiro atoms. The van der Waals surface area contributed by atoms with Gasteiger partial charge in [-0.25, -0.2) is 27.2 Å². The summed E-state index contributed by atoms with van der Waals surface area (Å²) in [5.41, 5.74) is 4.98. The monoisotopic (exact) mass is 988 g/mol. The van der Waals surface area contributed by atoms with E-state index in [9.17, 15) is 27.2 Å². The van der Waals surface area contributed by atoms with Crippen molar-refractivity contribution in [3.05, 3.63) is 221 Å². The lowest BCUT2D eigenvalue weighted by Gasteiger charge is -2.44. The van der Waals surface area contributed by atoms with Crippen molar-refractivity contribution in [1.29, 1.82) is 0 Å². The maximum atomic E-state index is 13.4. The number of nitrogens with one attached hydrogen (secondary N) is 2. The molecule has 6 aromatic carbocycles. The Morgan fingerprint density at radius 1 is 0.574 bits per heavy atom. The van der Waals surface area contributed by atoms with Crippen molar-refractivity contribution >= 4 is 40.6 Å². The molecule has 14 heteroatoms. The minimum atomic E-state index is -1.51. The van der Waals surface area contributed by atoms with Gasteiger partial charge in [0.25, 0.3) is 0 Å². The normalized spacial score (nSPS) is 18.6. The summed E-state index contributed by atoms with van der Waals surface area (Å²) in [7, 11) is -1.51. The van der Waals surface area contributed by atoms with E-state index in [0.717, 1.165) is 44.3 Å². The van der Waals surface area contributed by atoms with Crippen LogP contribution in [0.2, 0.25) is 0 Å². The van der Waals surface area contributed by atoms with Crippen LogP contribution in [0.3, 0.4) is 0 Å². The summed E-state index contributed by atoms with van der Waals surface area (Å²) in [6.45, 7) is 12.9. The number of amides is 4. The molecule has 0 radical (unpaired) electrons. The lowest BCUT2D eigenvalue weighted by Crippen LogP contribution is -2.58. The smallest absolute Gasteiger partial charge is 0.423 e. The summed E-state index contributed by atoms with van der Waals surface area (Å²) in [6, 6.07) is 39.6. The average Bonchev–Trinajstić information content (AvgIpc) is 3.33. The molecule has 0 aromatic heterocycles. The molecular weight excluding hydrogens is 935 g/mol. The van der Waals surface area contributed by atoms with Gasteiger partial charge in [-0.2, -0.15) is 0 Å². The van der Waals surface area contributed by atoms with Crippen LogP contribution in [-0.4, -0.2) is 52.1 Å². The van der Waals surface area contributed by atoms with Crippen molar-refractivity contribution in [1.82, 2.24) is 20.4 Å². The number of halogens is 5. The first-order valence-electron chi connectivity index (χ1n) is 22.2. The maximum absolute atomic E-state index is 13.4. The van der Waals surface area contributed by atoms with Crippen LogP contribution >= 0.6 is 15.9 Å². The number of rotatable bonds is 12. The van der Waals surface area contributed by atoms with Gasteiger partial charge in [-0.3, -0.25) is 0 Å². The maximum Gasteiger partial charge on any atom is 0.488 e. The second-order valence-corrected chi connectivity index (χ2v) is 17.8. The van der Waals surface area contributed by atoms with Crippen LogP contribution in [0.5, 0.6) is 0 Å². The molecule has 2 saturated heterocycles. The van der Waals surface area contributed by atoms with Crippen molar-refractivity contribution < 1.29 is 37.2 Å². The molecule has 4 N–H and O–H groups in total. The van der Waals surface area contributed by atoms with E-state index in [1.165, 1.54) is 60.7 Å². The van der Waals surface area contributed by atoms with Crippen LogP contribution in [0.25, 0.3) is 11.1 Å². The SMILES string of the molecule is C=CC[C@]1(c2ccc(F)cc2)CCN([C@@H](C)c2ccc(-c3ccc(F)cc3)cc2)C(=O)N1.C=CC[C@]1(c2ccc(F)cc2)CCN([C@@H](C)c2ccc(Br)cc2)C(=O)N1.OB(O)c1ccc(F)cc1. The molecule has 0 bridgehead atoms. The fraction of sp³-hybridized carbons (Fsp3) is 0.222. The number of carbonyl (C=O) groups is 2. The largest absolute Gasteiger partial charge is 0.488 e. The minimum absolute atomic E-state index is 0.0296. The van der Waals surface area contributed by atoms with Gasteiger partial charge >= 0.3 is 19.2 Å². The van der Waals surface area contributed by atoms with Gasteiger partial charge in [0.2, 0.25) is 0 Å². The summed E-state index contributed by atoms with van der Waals surface area (Å²) in [4.78, 5) is 29.7. The molecule has 352 valence electrons. The van der Waals surface area contributed by atoms with E-state index < -0.39 is 18.2 Å². The summed E-state index contributed by atoms with van der Waals surface area (Å²) < 4.78 is 53.1. The van der Waals surface area contributed by atoms with Crippen LogP contribution in [-0.2, 0) is 11.1 Å². The highest BCUT2D eigenvalue weighted by Crippen LogP contribution is 2.37. The second kappa shape index (κ2) is 23.0. The van der Waals surface area contributed by atoms with Crippen molar-refractivity contribution in [2.24, 2.45) is 0 Å². The van der Waals surface area contributed by atoms with Crippen molar-refractivity contribution in [3.8, 4) is 11.1 Å². The Balaban J connectivity index is 0.000000189. The highest BCUT2D eigenvalue weighted by atomic mass is 79.9. The van der Waals surface area contributed by atoms with Gasteiger partial charge in [0.1, 0.15) is 23.3 Å². The predicted octanol–water partition coefficient (Wildman–Crippen LogP) is 11.6. The molecule has 0 aliphatic carbocycles. The summed E-state index contributed by atoms with van der Waals surface area (Å²) >= 11 is 3.44. The highest BCUT2D eigenvalue weighted by molar-refractivity contribution is 9.10. The zero-order chi connectivity index (χ0) is 49.0. The topological polar surface area (TPSA) is 105 Å². The molecule has 68 heavy (non-hydrogen) atoms. The lowest BCUT2D eigenvalue weighted by molar-refractivity contribution is 0.125. The van der Waals surface area contributed by atoms with E-state index in [1.54, 1.807) is 48.6 Å². The Labute approximate surface area is 404 Å². The lowest BCUT2D eigenvalue weighted by atomic mass is 9.80. The summed E-state index contributed by atoms with van der Waals surface area (Å²) in [5, 5.41) is 23.4. The number of hydrogen-bond donors (Lipinski definition) is 4. The number of hydrogen-bond acceptors (Lipinski definition) is 4. The van der Waals surface area contributed by atoms with Gasteiger partial charge in [0, 0.05) is 17.6 Å². The van der Waals surface area contributed by atoms with Crippen molar-refractivity contribution in [2.45, 2.75) is 62.7 Å². The molecule has 6 aromatic rings. The van der Waals surface area contributed by atoms with Gasteiger partial charge in [0.15, 0.2) is 0 Å². The first-order valence-corrected chi connectivity index (χ1v) is 23.0. The Kier molecular flexibility index (Phi) is 17.2. The molecular formula is C54H54BBrF4N4O4. The average molecular weight is 990 g/mol. The highest BCUT2D eigenvalue weighted by Gasteiger charge is 2.41. The summed E-state index contributed by atoms with van der Waals surface area (Å²) in [5.74, 6) is -1.23. The Hall–Kier alpha value is -6.48. The Morgan fingerprint density at radius 2 is 0.897 bits per heavy atom. The standard InChI is InChI=1S/C27H26F2N2O.C21H22BrFN2O.C6H6BFO2/c1-3-16-27(23-10-14-25(29)15-11-23)17-18-31(26(32)30-27)19(2)20-4-6-21(7-5-20)22-8-12-24(28)13-9-22;1-3-12-21(17-6-10-19(23)11-7-17)13-14-25(20(26)24-21)15(2)16-4-8-18(22)9-5-16;8-6-3-1-5(2-4-6)7(9)10/h3-15,19H,1,16-18H2,2H3,(H,30,32);3-11,15H,1,12-14H2,2H3,(H,24,26);1-4,9-10H/t19-,27+;15-,21+;/m00./s1. The minimum Gasteiger partial charge on any atom is -0.423 e. The molecule has 2 aliphatic rings. The molecule has 0 saturated carbocycles. The third-order valence-corrected chi connectivity index (χ3v) is 13.1. The first-order chi connectivity index (χ1) is 32.6. The fourth-order valence-corrected chi connectivity index (χ4v) is 8.85. The van der Waals surface area contributed by atoms with Crippen LogP contribution in [0.1, 0.15) is 73.9 Å². The van der Waals surface area contributed by atoms with Gasteiger partial charge in [-0.1, -0.05) is 113 Å². The van der Waals surface area contributed by atoms with E-state index in [-0.39, 0.29) is 47.4 Å². The van der Waals surface area contributed by atoms with Crippen LogP contribution in [0.15, 0.2) is 175 Å². The number of urea groups is 2. The van der Waals surface area contributed by atoms with Crippen LogP contribution < -0.4 is 16.1 Å². The van der Waals surface area contributed by atoms with E-state index in [1.807, 2.05) is 72.2 Å². The van der Waals surface area contributed by atoms with Gasteiger partial charge in [-0.05, 0) is 139 Å². The zero-order valence-electron chi connectivity index (χ0n) is 37.9. The first kappa shape index (κ1) is 50.9. The molecule has 2 fully saturated rings. The van der Waals surface area contributed by atoms with Crippen LogP contribution in [0.4, 0.5) is 27.2 Å². The molecule has 4 atom stereocenters. The van der Waals surface area contributed by atoms with E-state index >= 15 is 0 Å². The number of carbonyl (C=O) groups excluding carboxylic acids is 2. The number of nitrogens with zero attached hydrogens (tertiary/aromatic N) is 2. The van der Waals surface area contributed by atoms with Gasteiger partial charge in [0.05, 0.1) is 23.2 Å². The molecule has 4 amide bonds. The molecule has 2 aliphatic heterocycles. The molecule has 0 unspecified atom stereocenters. The van der Waals surface area contributed by atoms with E-state index in [4.69, 9.17) is 10.0 Å². The quantitative estimate of drug-likeness (QED) is 0.0557.